The maximum absolute atomic E-state index is 11.9. The van der Waals surface area contributed by atoms with Crippen LogP contribution < -0.4 is 15.8 Å². The minimum absolute atomic E-state index is 0.0345. The van der Waals surface area contributed by atoms with Gasteiger partial charge in [0.05, 0.1) is 12.3 Å². The Bertz CT molecular complexity index is 419. The lowest BCUT2D eigenvalue weighted by atomic mass is 10.1. The van der Waals surface area contributed by atoms with Gasteiger partial charge in [0.15, 0.2) is 0 Å². The van der Waals surface area contributed by atoms with Crippen LogP contribution in [-0.4, -0.2) is 19.1 Å². The number of unbranched alkanes of at least 4 members (excludes halogenated alkanes) is 2. The van der Waals surface area contributed by atoms with E-state index in [1.54, 1.807) is 0 Å². The van der Waals surface area contributed by atoms with Crippen molar-refractivity contribution in [3.63, 3.8) is 0 Å². The molecular formula is C16H26N2O2. The van der Waals surface area contributed by atoms with Crippen molar-refractivity contribution in [2.45, 2.75) is 46.0 Å². The Labute approximate surface area is 121 Å². The van der Waals surface area contributed by atoms with Crippen LogP contribution in [0.1, 0.15) is 44.6 Å². The van der Waals surface area contributed by atoms with E-state index in [9.17, 15) is 4.79 Å². The molecule has 0 radical (unpaired) electrons. The highest BCUT2D eigenvalue weighted by Crippen LogP contribution is 2.26. The molecule has 0 fully saturated rings. The maximum Gasteiger partial charge on any atom is 0.224 e. The average molecular weight is 278 g/mol. The molecule has 0 aromatic heterocycles. The van der Waals surface area contributed by atoms with Crippen LogP contribution in [0.4, 0.5) is 5.69 Å². The van der Waals surface area contributed by atoms with Crippen molar-refractivity contribution in [1.29, 1.82) is 0 Å². The minimum Gasteiger partial charge on any atom is -0.491 e. The molecule has 0 saturated carbocycles. The van der Waals surface area contributed by atoms with E-state index in [2.05, 4.69) is 12.2 Å². The second-order valence-corrected chi connectivity index (χ2v) is 5.00. The summed E-state index contributed by atoms with van der Waals surface area (Å²) in [4.78, 5) is 11.9. The van der Waals surface area contributed by atoms with Crippen LogP contribution in [0.2, 0.25) is 0 Å². The first kappa shape index (κ1) is 16.5. The van der Waals surface area contributed by atoms with Crippen LogP contribution in [0.25, 0.3) is 0 Å². The van der Waals surface area contributed by atoms with Gasteiger partial charge >= 0.3 is 0 Å². The van der Waals surface area contributed by atoms with Crippen molar-refractivity contribution in [2.24, 2.45) is 5.73 Å². The number of carbonyl (C=O) groups excluding carboxylic acids is 1. The molecule has 1 aromatic rings. The second kappa shape index (κ2) is 9.37. The van der Waals surface area contributed by atoms with E-state index >= 15 is 0 Å². The van der Waals surface area contributed by atoms with Gasteiger partial charge in [0.25, 0.3) is 0 Å². The topological polar surface area (TPSA) is 64.3 Å². The fraction of sp³-hybridized carbons (Fsp3) is 0.562. The number of aryl methyl sites for hydroxylation is 1. The first-order chi connectivity index (χ1) is 9.67. The van der Waals surface area contributed by atoms with Crippen molar-refractivity contribution >= 4 is 11.6 Å². The Balaban J connectivity index is 2.54. The molecule has 3 N–H and O–H groups in total. The molecule has 0 spiro atoms. The predicted molar refractivity (Wildman–Crippen MR) is 83.1 cm³/mol. The van der Waals surface area contributed by atoms with Gasteiger partial charge in [-0.25, -0.2) is 0 Å². The van der Waals surface area contributed by atoms with Gasteiger partial charge in [-0.2, -0.15) is 0 Å². The second-order valence-electron chi connectivity index (χ2n) is 5.00. The Morgan fingerprint density at radius 2 is 2.10 bits per heavy atom. The highest BCUT2D eigenvalue weighted by molar-refractivity contribution is 5.92. The number of rotatable bonds is 9. The van der Waals surface area contributed by atoms with E-state index in [0.29, 0.717) is 19.6 Å². The quantitative estimate of drug-likeness (QED) is 0.682. The van der Waals surface area contributed by atoms with Crippen molar-refractivity contribution in [1.82, 2.24) is 0 Å². The third kappa shape index (κ3) is 6.06. The fourth-order valence-corrected chi connectivity index (χ4v) is 1.88. The van der Waals surface area contributed by atoms with Crippen LogP contribution in [0.15, 0.2) is 18.2 Å². The Morgan fingerprint density at radius 3 is 2.80 bits per heavy atom. The van der Waals surface area contributed by atoms with Crippen LogP contribution in [0.3, 0.4) is 0 Å². The monoisotopic (exact) mass is 278 g/mol. The maximum atomic E-state index is 11.9. The minimum atomic E-state index is 0.0345. The standard InChI is InChI=1S/C16H26N2O2/c1-3-11-20-15-12-13(2)8-9-14(15)18-16(19)7-5-4-6-10-17/h8-9,12H,3-7,10-11,17H2,1-2H3,(H,18,19). The zero-order valence-electron chi connectivity index (χ0n) is 12.6. The number of carbonyl (C=O) groups is 1. The summed E-state index contributed by atoms with van der Waals surface area (Å²) in [5, 5.41) is 2.93. The number of ether oxygens (including phenoxy) is 1. The molecule has 112 valence electrons. The van der Waals surface area contributed by atoms with Gasteiger partial charge in [-0.05, 0) is 50.4 Å². The van der Waals surface area contributed by atoms with Crippen LogP contribution in [0, 0.1) is 6.92 Å². The van der Waals surface area contributed by atoms with E-state index in [1.807, 2.05) is 25.1 Å². The molecule has 0 heterocycles. The van der Waals surface area contributed by atoms with Gasteiger partial charge in [-0.3, -0.25) is 4.79 Å². The van der Waals surface area contributed by atoms with E-state index in [4.69, 9.17) is 10.5 Å². The zero-order chi connectivity index (χ0) is 14.8. The van der Waals surface area contributed by atoms with E-state index < -0.39 is 0 Å². The molecule has 0 unspecified atom stereocenters. The third-order valence-corrected chi connectivity index (χ3v) is 2.98. The molecule has 4 nitrogen and oxygen atoms in total. The normalized spacial score (nSPS) is 10.3. The molecule has 0 aliphatic carbocycles. The summed E-state index contributed by atoms with van der Waals surface area (Å²) in [6, 6.07) is 5.83. The lowest BCUT2D eigenvalue weighted by Gasteiger charge is -2.13. The van der Waals surface area contributed by atoms with Gasteiger partial charge in [0.1, 0.15) is 5.75 Å². The van der Waals surface area contributed by atoms with Gasteiger partial charge in [0, 0.05) is 6.42 Å². The highest BCUT2D eigenvalue weighted by atomic mass is 16.5. The molecule has 0 bridgehead atoms. The van der Waals surface area contributed by atoms with Crippen molar-refractivity contribution in [3.05, 3.63) is 23.8 Å². The van der Waals surface area contributed by atoms with E-state index in [1.165, 1.54) is 0 Å². The molecule has 0 aliphatic heterocycles. The summed E-state index contributed by atoms with van der Waals surface area (Å²) in [7, 11) is 0. The lowest BCUT2D eigenvalue weighted by Crippen LogP contribution is -2.12. The van der Waals surface area contributed by atoms with Crippen LogP contribution in [-0.2, 0) is 4.79 Å². The van der Waals surface area contributed by atoms with Gasteiger partial charge in [-0.1, -0.05) is 19.4 Å². The summed E-state index contributed by atoms with van der Waals surface area (Å²) >= 11 is 0. The molecule has 1 aromatic carbocycles. The molecule has 0 aliphatic rings. The summed E-state index contributed by atoms with van der Waals surface area (Å²) in [6.07, 6.45) is 4.32. The van der Waals surface area contributed by atoms with Crippen molar-refractivity contribution in [2.75, 3.05) is 18.5 Å². The SMILES string of the molecule is CCCOc1cc(C)ccc1NC(=O)CCCCCN. The number of amides is 1. The zero-order valence-corrected chi connectivity index (χ0v) is 12.6. The Kier molecular flexibility index (Phi) is 7.73. The fourth-order valence-electron chi connectivity index (χ4n) is 1.88. The van der Waals surface area contributed by atoms with Crippen LogP contribution >= 0.6 is 0 Å². The molecule has 4 heteroatoms. The summed E-state index contributed by atoms with van der Waals surface area (Å²) in [5.41, 5.74) is 7.31. The molecule has 1 rings (SSSR count). The largest absolute Gasteiger partial charge is 0.491 e. The number of nitrogens with one attached hydrogen (secondary N) is 1. The first-order valence-electron chi connectivity index (χ1n) is 7.40. The smallest absolute Gasteiger partial charge is 0.224 e. The van der Waals surface area contributed by atoms with E-state index in [0.717, 1.165) is 42.7 Å². The van der Waals surface area contributed by atoms with Gasteiger partial charge in [0.2, 0.25) is 5.91 Å². The number of hydrogen-bond donors (Lipinski definition) is 2. The summed E-state index contributed by atoms with van der Waals surface area (Å²) in [5.74, 6) is 0.786. The number of nitrogens with two attached hydrogens (primary N) is 1. The molecular weight excluding hydrogens is 252 g/mol. The molecule has 0 saturated heterocycles. The Morgan fingerprint density at radius 1 is 1.30 bits per heavy atom. The van der Waals surface area contributed by atoms with Crippen molar-refractivity contribution < 1.29 is 9.53 Å². The van der Waals surface area contributed by atoms with Gasteiger partial charge in [-0.15, -0.1) is 0 Å². The molecule has 0 atom stereocenters. The lowest BCUT2D eigenvalue weighted by molar-refractivity contribution is -0.116. The molecule has 1 amide bonds. The Hall–Kier alpha value is -1.55. The number of benzene rings is 1. The number of hydrogen-bond acceptors (Lipinski definition) is 3. The number of anilines is 1. The first-order valence-corrected chi connectivity index (χ1v) is 7.40. The van der Waals surface area contributed by atoms with Gasteiger partial charge < -0.3 is 15.8 Å². The van der Waals surface area contributed by atoms with Crippen LogP contribution in [0.5, 0.6) is 5.75 Å². The van der Waals surface area contributed by atoms with Crippen molar-refractivity contribution in [3.8, 4) is 5.75 Å². The average Bonchev–Trinajstić information content (AvgIpc) is 2.44. The predicted octanol–water partition coefficient (Wildman–Crippen LogP) is 3.24. The summed E-state index contributed by atoms with van der Waals surface area (Å²) in [6.45, 7) is 5.42. The third-order valence-electron chi connectivity index (χ3n) is 2.98. The highest BCUT2D eigenvalue weighted by Gasteiger charge is 2.08. The summed E-state index contributed by atoms with van der Waals surface area (Å²) < 4.78 is 5.68. The molecule has 20 heavy (non-hydrogen) atoms. The van der Waals surface area contributed by atoms with E-state index in [-0.39, 0.29) is 5.91 Å².